The zero-order chi connectivity index (χ0) is 19.3. The van der Waals surface area contributed by atoms with E-state index in [1.54, 1.807) is 6.07 Å². The van der Waals surface area contributed by atoms with E-state index in [1.165, 1.54) is 76.7 Å². The summed E-state index contributed by atoms with van der Waals surface area (Å²) in [5.41, 5.74) is 1.38. The van der Waals surface area contributed by atoms with Gasteiger partial charge in [-0.25, -0.2) is 0 Å². The van der Waals surface area contributed by atoms with Crippen molar-refractivity contribution in [1.82, 2.24) is 14.7 Å². The van der Waals surface area contributed by atoms with E-state index >= 15 is 0 Å². The van der Waals surface area contributed by atoms with Crippen LogP contribution in [0.15, 0.2) is 24.3 Å². The van der Waals surface area contributed by atoms with Crippen molar-refractivity contribution >= 4 is 0 Å². The smallest absolute Gasteiger partial charge is 0.115 e. The standard InChI is InChI=1S/C23H39N3O/c1-4-5-6-14-25(3)23(20-8-7-9-22(27)19-20)12-10-21(11-13-23)26-17-15-24(2)16-18-26/h7-9,19,21,27H,4-6,10-18H2,1-3H3. The molecule has 0 unspecified atom stereocenters. The molecule has 1 aliphatic carbocycles. The highest BCUT2D eigenvalue weighted by atomic mass is 16.3. The molecule has 0 atom stereocenters. The number of phenolic OH excluding ortho intramolecular Hbond substituents is 1. The number of phenols is 1. The molecule has 1 aromatic rings. The number of benzene rings is 1. The molecule has 4 nitrogen and oxygen atoms in total. The number of hydrogen-bond donors (Lipinski definition) is 1. The van der Waals surface area contributed by atoms with Crippen molar-refractivity contribution in [3.63, 3.8) is 0 Å². The summed E-state index contributed by atoms with van der Waals surface area (Å²) in [6.45, 7) is 8.24. The number of unbranched alkanes of at least 4 members (excludes halogenated alkanes) is 2. The van der Waals surface area contributed by atoms with E-state index in [0.717, 1.165) is 12.6 Å². The lowest BCUT2D eigenvalue weighted by Crippen LogP contribution is -2.53. The molecule has 1 N–H and O–H groups in total. The monoisotopic (exact) mass is 373 g/mol. The van der Waals surface area contributed by atoms with Gasteiger partial charge in [0.05, 0.1) is 0 Å². The van der Waals surface area contributed by atoms with E-state index in [1.807, 2.05) is 12.1 Å². The van der Waals surface area contributed by atoms with Crippen molar-refractivity contribution in [3.8, 4) is 5.75 Å². The van der Waals surface area contributed by atoms with E-state index in [2.05, 4.69) is 41.8 Å². The third kappa shape index (κ3) is 4.85. The molecule has 0 radical (unpaired) electrons. The van der Waals surface area contributed by atoms with Crippen LogP contribution in [0, 0.1) is 0 Å². The Morgan fingerprint density at radius 3 is 2.44 bits per heavy atom. The Balaban J connectivity index is 1.72. The topological polar surface area (TPSA) is 30.0 Å². The van der Waals surface area contributed by atoms with Crippen LogP contribution in [0.1, 0.15) is 57.4 Å². The molecule has 1 aliphatic heterocycles. The maximum atomic E-state index is 10.1. The van der Waals surface area contributed by atoms with Gasteiger partial charge in [-0.1, -0.05) is 31.9 Å². The molecular formula is C23H39N3O. The first-order chi connectivity index (χ1) is 13.0. The summed E-state index contributed by atoms with van der Waals surface area (Å²) in [5.74, 6) is 0.398. The van der Waals surface area contributed by atoms with Crippen molar-refractivity contribution in [2.24, 2.45) is 0 Å². The van der Waals surface area contributed by atoms with Gasteiger partial charge in [0, 0.05) is 37.8 Å². The summed E-state index contributed by atoms with van der Waals surface area (Å²) in [6.07, 6.45) is 8.72. The quantitative estimate of drug-likeness (QED) is 0.734. The minimum Gasteiger partial charge on any atom is -0.508 e. The molecule has 4 heteroatoms. The van der Waals surface area contributed by atoms with Gasteiger partial charge in [0.25, 0.3) is 0 Å². The second kappa shape index (κ2) is 9.40. The summed E-state index contributed by atoms with van der Waals surface area (Å²) < 4.78 is 0. The van der Waals surface area contributed by atoms with Crippen molar-refractivity contribution in [2.75, 3.05) is 46.8 Å². The summed E-state index contributed by atoms with van der Waals surface area (Å²) >= 11 is 0. The number of piperazine rings is 1. The van der Waals surface area contributed by atoms with Crippen LogP contribution < -0.4 is 0 Å². The van der Waals surface area contributed by atoms with Crippen LogP contribution in [0.25, 0.3) is 0 Å². The Morgan fingerprint density at radius 2 is 1.81 bits per heavy atom. The fourth-order valence-electron chi connectivity index (χ4n) is 5.13. The van der Waals surface area contributed by atoms with Gasteiger partial charge in [-0.3, -0.25) is 9.80 Å². The van der Waals surface area contributed by atoms with Gasteiger partial charge in [-0.05, 0) is 70.4 Å². The second-order valence-electron chi connectivity index (χ2n) is 8.78. The Morgan fingerprint density at radius 1 is 1.11 bits per heavy atom. The van der Waals surface area contributed by atoms with E-state index < -0.39 is 0 Å². The summed E-state index contributed by atoms with van der Waals surface area (Å²) in [5, 5.41) is 10.1. The van der Waals surface area contributed by atoms with Crippen molar-refractivity contribution < 1.29 is 5.11 Å². The first-order valence-corrected chi connectivity index (χ1v) is 11.0. The Bertz CT molecular complexity index is 575. The maximum Gasteiger partial charge on any atom is 0.115 e. The fraction of sp³-hybridized carbons (Fsp3) is 0.739. The Hall–Kier alpha value is -1.10. The first-order valence-electron chi connectivity index (χ1n) is 11.0. The minimum absolute atomic E-state index is 0.0789. The maximum absolute atomic E-state index is 10.1. The van der Waals surface area contributed by atoms with Gasteiger partial charge in [0.2, 0.25) is 0 Å². The minimum atomic E-state index is 0.0789. The van der Waals surface area contributed by atoms with E-state index in [4.69, 9.17) is 0 Å². The highest BCUT2D eigenvalue weighted by molar-refractivity contribution is 5.33. The first kappa shape index (κ1) is 20.6. The Kier molecular flexibility index (Phi) is 7.18. The summed E-state index contributed by atoms with van der Waals surface area (Å²) in [7, 11) is 4.53. The molecule has 0 spiro atoms. The van der Waals surface area contributed by atoms with Gasteiger partial charge in [-0.15, -0.1) is 0 Å². The lowest BCUT2D eigenvalue weighted by atomic mass is 9.73. The SMILES string of the molecule is CCCCCN(C)C1(c2cccc(O)c2)CCC(N2CCN(C)CC2)CC1. The molecule has 3 rings (SSSR count). The number of aromatic hydroxyl groups is 1. The van der Waals surface area contributed by atoms with Crippen LogP contribution in [0.5, 0.6) is 5.75 Å². The highest BCUT2D eigenvalue weighted by Crippen LogP contribution is 2.43. The summed E-state index contributed by atoms with van der Waals surface area (Å²) in [4.78, 5) is 7.76. The number of rotatable bonds is 7. The van der Waals surface area contributed by atoms with Gasteiger partial charge in [0.15, 0.2) is 0 Å². The predicted molar refractivity (Wildman–Crippen MR) is 113 cm³/mol. The molecule has 2 aliphatic rings. The normalized spacial score (nSPS) is 27.9. The third-order valence-corrected chi connectivity index (χ3v) is 7.05. The largest absolute Gasteiger partial charge is 0.508 e. The Labute approximate surface area is 166 Å². The van der Waals surface area contributed by atoms with Gasteiger partial charge < -0.3 is 10.0 Å². The van der Waals surface area contributed by atoms with E-state index in [9.17, 15) is 5.11 Å². The van der Waals surface area contributed by atoms with Crippen LogP contribution in [0.4, 0.5) is 0 Å². The van der Waals surface area contributed by atoms with E-state index in [-0.39, 0.29) is 5.54 Å². The molecule has 2 fully saturated rings. The van der Waals surface area contributed by atoms with E-state index in [0.29, 0.717) is 5.75 Å². The van der Waals surface area contributed by atoms with Gasteiger partial charge in [-0.2, -0.15) is 0 Å². The highest BCUT2D eigenvalue weighted by Gasteiger charge is 2.41. The molecule has 0 bridgehead atoms. The molecule has 1 saturated carbocycles. The number of likely N-dealkylation sites (N-methyl/N-ethyl adjacent to an activating group) is 1. The fourth-order valence-corrected chi connectivity index (χ4v) is 5.13. The molecule has 1 heterocycles. The average Bonchev–Trinajstić information content (AvgIpc) is 2.69. The van der Waals surface area contributed by atoms with Crippen molar-refractivity contribution in [1.29, 1.82) is 0 Å². The predicted octanol–water partition coefficient (Wildman–Crippen LogP) is 3.90. The lowest BCUT2D eigenvalue weighted by molar-refractivity contribution is 0.0191. The van der Waals surface area contributed by atoms with Crippen molar-refractivity contribution in [2.45, 2.75) is 63.5 Å². The van der Waals surface area contributed by atoms with Crippen LogP contribution in [-0.4, -0.2) is 72.7 Å². The molecular weight excluding hydrogens is 334 g/mol. The number of nitrogens with zero attached hydrogens (tertiary/aromatic N) is 3. The van der Waals surface area contributed by atoms with Gasteiger partial charge in [0.1, 0.15) is 5.75 Å². The lowest BCUT2D eigenvalue weighted by Gasteiger charge is -2.50. The van der Waals surface area contributed by atoms with Crippen LogP contribution in [-0.2, 0) is 5.54 Å². The average molecular weight is 374 g/mol. The van der Waals surface area contributed by atoms with Crippen LogP contribution in [0.2, 0.25) is 0 Å². The molecule has 152 valence electrons. The van der Waals surface area contributed by atoms with Crippen molar-refractivity contribution in [3.05, 3.63) is 29.8 Å². The third-order valence-electron chi connectivity index (χ3n) is 7.05. The molecule has 0 amide bonds. The van der Waals surface area contributed by atoms with Gasteiger partial charge >= 0.3 is 0 Å². The summed E-state index contributed by atoms with van der Waals surface area (Å²) in [6, 6.07) is 8.77. The zero-order valence-electron chi connectivity index (χ0n) is 17.7. The zero-order valence-corrected chi connectivity index (χ0v) is 17.7. The van der Waals surface area contributed by atoms with Crippen LogP contribution >= 0.6 is 0 Å². The number of hydrogen-bond acceptors (Lipinski definition) is 4. The molecule has 1 saturated heterocycles. The molecule has 0 aromatic heterocycles. The molecule has 27 heavy (non-hydrogen) atoms. The molecule has 1 aromatic carbocycles. The second-order valence-corrected chi connectivity index (χ2v) is 8.78. The van der Waals surface area contributed by atoms with Crippen LogP contribution in [0.3, 0.4) is 0 Å².